The summed E-state index contributed by atoms with van der Waals surface area (Å²) in [6.45, 7) is 0. The Kier molecular flexibility index (Phi) is 2.50. The molecule has 3 nitrogen and oxygen atoms in total. The lowest BCUT2D eigenvalue weighted by Gasteiger charge is -2.07. The van der Waals surface area contributed by atoms with Crippen LogP contribution in [0.5, 0.6) is 0 Å². The van der Waals surface area contributed by atoms with Gasteiger partial charge in [0.15, 0.2) is 5.82 Å². The van der Waals surface area contributed by atoms with Gasteiger partial charge in [-0.2, -0.15) is 4.98 Å². The fourth-order valence-corrected chi connectivity index (χ4v) is 2.86. The van der Waals surface area contributed by atoms with Crippen LogP contribution >= 0.6 is 12.2 Å². The molecule has 2 heterocycles. The van der Waals surface area contributed by atoms with Gasteiger partial charge in [-0.05, 0) is 23.8 Å². The monoisotopic (exact) mass is 277 g/mol. The SMILES string of the molecule is S=c1nc(-c2ccccc2)nc2n1-c1ccccc1C2. The van der Waals surface area contributed by atoms with Crippen LogP contribution < -0.4 is 0 Å². The Balaban J connectivity index is 1.93. The van der Waals surface area contributed by atoms with Crippen LogP contribution in [0, 0.1) is 4.77 Å². The van der Waals surface area contributed by atoms with Crippen molar-refractivity contribution in [2.45, 2.75) is 6.42 Å². The van der Waals surface area contributed by atoms with Crippen LogP contribution in [0.4, 0.5) is 0 Å². The summed E-state index contributed by atoms with van der Waals surface area (Å²) < 4.78 is 2.54. The van der Waals surface area contributed by atoms with E-state index in [4.69, 9.17) is 12.2 Å². The number of fused-ring (bicyclic) bond motifs is 3. The summed E-state index contributed by atoms with van der Waals surface area (Å²) in [4.78, 5) is 9.16. The minimum Gasteiger partial charge on any atom is -0.272 e. The molecule has 0 bridgehead atoms. The Hall–Kier alpha value is -2.33. The van der Waals surface area contributed by atoms with E-state index in [0.29, 0.717) is 10.6 Å². The summed E-state index contributed by atoms with van der Waals surface area (Å²) in [6, 6.07) is 18.2. The van der Waals surface area contributed by atoms with Crippen LogP contribution in [0.25, 0.3) is 17.1 Å². The zero-order valence-corrected chi connectivity index (χ0v) is 11.5. The van der Waals surface area contributed by atoms with E-state index in [2.05, 4.69) is 22.1 Å². The standard InChI is InChI=1S/C16H11N3S/c20-16-18-15(11-6-2-1-3-7-11)17-14-10-12-8-4-5-9-13(12)19(14)16/h1-9H,10H2. The molecule has 0 saturated heterocycles. The molecule has 1 aliphatic heterocycles. The van der Waals surface area contributed by atoms with Crippen molar-refractivity contribution in [3.8, 4) is 17.1 Å². The van der Waals surface area contributed by atoms with Gasteiger partial charge in [-0.15, -0.1) is 0 Å². The van der Waals surface area contributed by atoms with E-state index >= 15 is 0 Å². The van der Waals surface area contributed by atoms with Gasteiger partial charge in [0.25, 0.3) is 0 Å². The predicted octanol–water partition coefficient (Wildman–Crippen LogP) is 3.57. The summed E-state index contributed by atoms with van der Waals surface area (Å²) >= 11 is 5.45. The van der Waals surface area contributed by atoms with Crippen LogP contribution in [-0.2, 0) is 6.42 Å². The first kappa shape index (κ1) is 11.5. The zero-order valence-electron chi connectivity index (χ0n) is 10.7. The molecular formula is C16H11N3S. The lowest BCUT2D eigenvalue weighted by Crippen LogP contribution is -2.05. The second kappa shape index (κ2) is 4.35. The highest BCUT2D eigenvalue weighted by molar-refractivity contribution is 7.71. The highest BCUT2D eigenvalue weighted by Crippen LogP contribution is 2.27. The Morgan fingerprint density at radius 1 is 0.900 bits per heavy atom. The van der Waals surface area contributed by atoms with E-state index in [1.807, 2.05) is 47.0 Å². The second-order valence-corrected chi connectivity index (χ2v) is 5.12. The van der Waals surface area contributed by atoms with Gasteiger partial charge in [0.2, 0.25) is 4.77 Å². The van der Waals surface area contributed by atoms with Crippen molar-refractivity contribution in [3.05, 3.63) is 70.8 Å². The van der Waals surface area contributed by atoms with Crippen molar-refractivity contribution >= 4 is 12.2 Å². The fourth-order valence-electron chi connectivity index (χ4n) is 2.57. The van der Waals surface area contributed by atoms with Crippen LogP contribution in [0.1, 0.15) is 11.4 Å². The molecule has 0 unspecified atom stereocenters. The Labute approximate surface area is 121 Å². The minimum absolute atomic E-state index is 0.568. The number of hydrogen-bond acceptors (Lipinski definition) is 3. The lowest BCUT2D eigenvalue weighted by molar-refractivity contribution is 0.858. The molecule has 3 aromatic rings. The number of rotatable bonds is 1. The van der Waals surface area contributed by atoms with E-state index in [1.54, 1.807) is 0 Å². The zero-order chi connectivity index (χ0) is 13.5. The Bertz CT molecular complexity index is 853. The summed E-state index contributed by atoms with van der Waals surface area (Å²) in [5, 5.41) is 0. The van der Waals surface area contributed by atoms with Crippen LogP contribution in [0.3, 0.4) is 0 Å². The van der Waals surface area contributed by atoms with Gasteiger partial charge in [0.1, 0.15) is 5.82 Å². The van der Waals surface area contributed by atoms with Gasteiger partial charge in [0.05, 0.1) is 5.69 Å². The summed E-state index contributed by atoms with van der Waals surface area (Å²) in [6.07, 6.45) is 0.808. The van der Waals surface area contributed by atoms with E-state index in [9.17, 15) is 0 Å². The molecule has 0 aliphatic carbocycles. The molecule has 0 atom stereocenters. The van der Waals surface area contributed by atoms with Gasteiger partial charge in [-0.25, -0.2) is 4.98 Å². The van der Waals surface area contributed by atoms with Crippen LogP contribution in [-0.4, -0.2) is 14.5 Å². The number of para-hydroxylation sites is 1. The van der Waals surface area contributed by atoms with Gasteiger partial charge >= 0.3 is 0 Å². The van der Waals surface area contributed by atoms with Gasteiger partial charge in [0, 0.05) is 12.0 Å². The molecule has 0 N–H and O–H groups in total. The normalized spacial score (nSPS) is 12.0. The fraction of sp³-hybridized carbons (Fsp3) is 0.0625. The van der Waals surface area contributed by atoms with Gasteiger partial charge in [-0.1, -0.05) is 48.5 Å². The maximum Gasteiger partial charge on any atom is 0.207 e. The van der Waals surface area contributed by atoms with Crippen molar-refractivity contribution in [1.29, 1.82) is 0 Å². The average Bonchev–Trinajstić information content (AvgIpc) is 2.87. The molecule has 0 saturated carbocycles. The number of benzene rings is 2. The molecule has 0 spiro atoms. The predicted molar refractivity (Wildman–Crippen MR) is 80.4 cm³/mol. The molecule has 0 amide bonds. The molecule has 4 rings (SSSR count). The van der Waals surface area contributed by atoms with Crippen LogP contribution in [0.15, 0.2) is 54.6 Å². The summed E-state index contributed by atoms with van der Waals surface area (Å²) in [7, 11) is 0. The summed E-state index contributed by atoms with van der Waals surface area (Å²) in [5.41, 5.74) is 3.35. The third kappa shape index (κ3) is 1.69. The Morgan fingerprint density at radius 3 is 2.50 bits per heavy atom. The highest BCUT2D eigenvalue weighted by atomic mass is 32.1. The molecule has 0 radical (unpaired) electrons. The lowest BCUT2D eigenvalue weighted by atomic mass is 10.1. The maximum absolute atomic E-state index is 5.45. The van der Waals surface area contributed by atoms with Crippen molar-refractivity contribution in [2.24, 2.45) is 0 Å². The van der Waals surface area contributed by atoms with E-state index < -0.39 is 0 Å². The first-order valence-electron chi connectivity index (χ1n) is 6.46. The first-order chi connectivity index (χ1) is 9.83. The number of nitrogens with zero attached hydrogens (tertiary/aromatic N) is 3. The average molecular weight is 277 g/mol. The van der Waals surface area contributed by atoms with Gasteiger partial charge in [-0.3, -0.25) is 4.57 Å². The molecule has 96 valence electrons. The third-order valence-corrected chi connectivity index (χ3v) is 3.77. The third-order valence-electron chi connectivity index (χ3n) is 3.50. The van der Waals surface area contributed by atoms with E-state index in [0.717, 1.165) is 23.5 Å². The molecular weight excluding hydrogens is 266 g/mol. The smallest absolute Gasteiger partial charge is 0.207 e. The molecule has 1 aliphatic rings. The van der Waals surface area contributed by atoms with Crippen molar-refractivity contribution in [3.63, 3.8) is 0 Å². The number of aromatic nitrogens is 3. The van der Waals surface area contributed by atoms with Crippen molar-refractivity contribution in [2.75, 3.05) is 0 Å². The van der Waals surface area contributed by atoms with E-state index in [-0.39, 0.29) is 0 Å². The van der Waals surface area contributed by atoms with E-state index in [1.165, 1.54) is 5.56 Å². The quantitative estimate of drug-likeness (QED) is 0.498. The maximum atomic E-state index is 5.45. The topological polar surface area (TPSA) is 30.7 Å². The number of hydrogen-bond donors (Lipinski definition) is 0. The molecule has 20 heavy (non-hydrogen) atoms. The van der Waals surface area contributed by atoms with Gasteiger partial charge < -0.3 is 0 Å². The molecule has 4 heteroatoms. The second-order valence-electron chi connectivity index (χ2n) is 4.75. The molecule has 0 fully saturated rings. The minimum atomic E-state index is 0.568. The first-order valence-corrected chi connectivity index (χ1v) is 6.87. The van der Waals surface area contributed by atoms with Crippen molar-refractivity contribution < 1.29 is 0 Å². The largest absolute Gasteiger partial charge is 0.272 e. The Morgan fingerprint density at radius 2 is 1.65 bits per heavy atom. The van der Waals surface area contributed by atoms with Crippen LogP contribution in [0.2, 0.25) is 0 Å². The molecule has 1 aromatic heterocycles. The highest BCUT2D eigenvalue weighted by Gasteiger charge is 2.20. The summed E-state index contributed by atoms with van der Waals surface area (Å²) in [5.74, 6) is 1.67. The van der Waals surface area contributed by atoms with Crippen molar-refractivity contribution in [1.82, 2.24) is 14.5 Å². The molecule has 2 aromatic carbocycles.